The van der Waals surface area contributed by atoms with E-state index in [9.17, 15) is 0 Å². The van der Waals surface area contributed by atoms with Crippen molar-refractivity contribution in [3.63, 3.8) is 0 Å². The summed E-state index contributed by atoms with van der Waals surface area (Å²) in [5.74, 6) is 0. The molecular weight excluding hydrogens is 198 g/mol. The number of halogens is 1. The smallest absolute Gasteiger partial charge is 0.0954 e. The number of rotatable bonds is 1. The lowest BCUT2D eigenvalue weighted by Gasteiger charge is -2.29. The molecule has 0 aromatic heterocycles. The van der Waals surface area contributed by atoms with Crippen LogP contribution in [-0.2, 0) is 4.74 Å². The summed E-state index contributed by atoms with van der Waals surface area (Å²) >= 11 is 5.92. The molecule has 1 aromatic carbocycles. The van der Waals surface area contributed by atoms with E-state index in [0.717, 1.165) is 23.7 Å². The zero-order valence-electron chi connectivity index (χ0n) is 8.16. The predicted molar refractivity (Wildman–Crippen MR) is 57.6 cm³/mol. The molecule has 1 aliphatic rings. The fraction of sp³-hybridized carbons (Fsp3) is 0.455. The van der Waals surface area contributed by atoms with E-state index in [0.29, 0.717) is 0 Å². The molecule has 0 amide bonds. The highest BCUT2D eigenvalue weighted by molar-refractivity contribution is 6.30. The van der Waals surface area contributed by atoms with E-state index in [2.05, 4.69) is 18.3 Å². The highest BCUT2D eigenvalue weighted by Crippen LogP contribution is 2.23. The van der Waals surface area contributed by atoms with Gasteiger partial charge in [0.2, 0.25) is 0 Å². The maximum Gasteiger partial charge on any atom is 0.0954 e. The van der Waals surface area contributed by atoms with Gasteiger partial charge in [-0.15, -0.1) is 0 Å². The van der Waals surface area contributed by atoms with Gasteiger partial charge in [0, 0.05) is 18.1 Å². The molecule has 1 aromatic rings. The van der Waals surface area contributed by atoms with Crippen LogP contribution in [0.1, 0.15) is 18.6 Å². The molecule has 0 unspecified atom stereocenters. The van der Waals surface area contributed by atoms with Crippen molar-refractivity contribution in [1.29, 1.82) is 0 Å². The van der Waals surface area contributed by atoms with Crippen molar-refractivity contribution in [2.24, 2.45) is 0 Å². The zero-order valence-corrected chi connectivity index (χ0v) is 8.92. The third kappa shape index (κ3) is 2.27. The summed E-state index contributed by atoms with van der Waals surface area (Å²) in [6.45, 7) is 3.87. The monoisotopic (exact) mass is 211 g/mol. The van der Waals surface area contributed by atoms with Gasteiger partial charge in [-0.3, -0.25) is 0 Å². The van der Waals surface area contributed by atoms with E-state index >= 15 is 0 Å². The SMILES string of the molecule is C[C@@H]1CNC[C@@H](c2cccc(Cl)c2)O1. The van der Waals surface area contributed by atoms with Crippen molar-refractivity contribution < 1.29 is 4.74 Å². The summed E-state index contributed by atoms with van der Waals surface area (Å²) < 4.78 is 5.81. The molecule has 14 heavy (non-hydrogen) atoms. The Hall–Kier alpha value is -0.570. The molecule has 1 N–H and O–H groups in total. The lowest BCUT2D eigenvalue weighted by atomic mass is 10.1. The summed E-state index contributed by atoms with van der Waals surface area (Å²) in [6, 6.07) is 7.85. The van der Waals surface area contributed by atoms with Gasteiger partial charge in [-0.25, -0.2) is 0 Å². The molecule has 0 aliphatic carbocycles. The van der Waals surface area contributed by atoms with E-state index in [1.807, 2.05) is 18.2 Å². The molecule has 0 radical (unpaired) electrons. The average molecular weight is 212 g/mol. The Balaban J connectivity index is 2.14. The summed E-state index contributed by atoms with van der Waals surface area (Å²) in [4.78, 5) is 0. The van der Waals surface area contributed by atoms with Crippen LogP contribution in [0.25, 0.3) is 0 Å². The first-order valence-electron chi connectivity index (χ1n) is 4.87. The fourth-order valence-corrected chi connectivity index (χ4v) is 1.90. The molecule has 76 valence electrons. The van der Waals surface area contributed by atoms with Gasteiger partial charge < -0.3 is 10.1 Å². The fourth-order valence-electron chi connectivity index (χ4n) is 1.70. The van der Waals surface area contributed by atoms with Gasteiger partial charge in [-0.1, -0.05) is 23.7 Å². The van der Waals surface area contributed by atoms with Gasteiger partial charge in [0.15, 0.2) is 0 Å². The Morgan fingerprint density at radius 1 is 1.43 bits per heavy atom. The predicted octanol–water partition coefficient (Wildman–Crippen LogP) is 2.39. The van der Waals surface area contributed by atoms with Gasteiger partial charge >= 0.3 is 0 Å². The van der Waals surface area contributed by atoms with Gasteiger partial charge in [0.25, 0.3) is 0 Å². The number of ether oxygens (including phenoxy) is 1. The Kier molecular flexibility index (Phi) is 3.06. The molecule has 2 rings (SSSR count). The first-order chi connectivity index (χ1) is 6.75. The minimum atomic E-state index is 0.137. The van der Waals surface area contributed by atoms with Crippen LogP contribution in [0.5, 0.6) is 0 Å². The van der Waals surface area contributed by atoms with E-state index < -0.39 is 0 Å². The molecule has 0 spiro atoms. The Bertz CT molecular complexity index is 316. The third-order valence-electron chi connectivity index (χ3n) is 2.38. The lowest BCUT2D eigenvalue weighted by Crippen LogP contribution is -2.38. The lowest BCUT2D eigenvalue weighted by molar-refractivity contribution is -0.0287. The van der Waals surface area contributed by atoms with Crippen LogP contribution in [0.4, 0.5) is 0 Å². The Labute approximate surface area is 89.2 Å². The third-order valence-corrected chi connectivity index (χ3v) is 2.61. The summed E-state index contributed by atoms with van der Waals surface area (Å²) in [5.41, 5.74) is 1.15. The van der Waals surface area contributed by atoms with Crippen molar-refractivity contribution in [2.75, 3.05) is 13.1 Å². The van der Waals surface area contributed by atoms with Crippen LogP contribution in [0, 0.1) is 0 Å². The second-order valence-electron chi connectivity index (χ2n) is 3.65. The highest BCUT2D eigenvalue weighted by Gasteiger charge is 2.20. The average Bonchev–Trinajstić information content (AvgIpc) is 2.18. The number of nitrogens with one attached hydrogen (secondary N) is 1. The van der Waals surface area contributed by atoms with Crippen LogP contribution in [0.3, 0.4) is 0 Å². The van der Waals surface area contributed by atoms with Crippen LogP contribution >= 0.6 is 11.6 Å². The minimum absolute atomic E-state index is 0.137. The van der Waals surface area contributed by atoms with E-state index in [1.165, 1.54) is 0 Å². The summed E-state index contributed by atoms with van der Waals surface area (Å²) in [5, 5.41) is 4.10. The second kappa shape index (κ2) is 4.30. The quantitative estimate of drug-likeness (QED) is 0.770. The topological polar surface area (TPSA) is 21.3 Å². The summed E-state index contributed by atoms with van der Waals surface area (Å²) in [7, 11) is 0. The molecule has 1 saturated heterocycles. The van der Waals surface area contributed by atoms with Crippen LogP contribution in [-0.4, -0.2) is 19.2 Å². The molecule has 2 nitrogen and oxygen atoms in total. The van der Waals surface area contributed by atoms with E-state index in [1.54, 1.807) is 0 Å². The Morgan fingerprint density at radius 2 is 2.29 bits per heavy atom. The number of hydrogen-bond donors (Lipinski definition) is 1. The van der Waals surface area contributed by atoms with E-state index in [-0.39, 0.29) is 12.2 Å². The maximum absolute atomic E-state index is 5.92. The van der Waals surface area contributed by atoms with E-state index in [4.69, 9.17) is 16.3 Å². The van der Waals surface area contributed by atoms with Crippen LogP contribution in [0.2, 0.25) is 5.02 Å². The minimum Gasteiger partial charge on any atom is -0.368 e. The van der Waals surface area contributed by atoms with Gasteiger partial charge in [0.1, 0.15) is 0 Å². The molecule has 3 heteroatoms. The van der Waals surface area contributed by atoms with Crippen molar-refractivity contribution >= 4 is 11.6 Å². The largest absolute Gasteiger partial charge is 0.368 e. The molecule has 1 fully saturated rings. The normalized spacial score (nSPS) is 27.6. The maximum atomic E-state index is 5.92. The summed E-state index contributed by atoms with van der Waals surface area (Å²) in [6.07, 6.45) is 0.408. The van der Waals surface area contributed by atoms with Crippen molar-refractivity contribution in [1.82, 2.24) is 5.32 Å². The second-order valence-corrected chi connectivity index (χ2v) is 4.09. The molecule has 0 saturated carbocycles. The van der Waals surface area contributed by atoms with Gasteiger partial charge in [-0.2, -0.15) is 0 Å². The van der Waals surface area contributed by atoms with Gasteiger partial charge in [-0.05, 0) is 24.6 Å². The highest BCUT2D eigenvalue weighted by atomic mass is 35.5. The Morgan fingerprint density at radius 3 is 3.00 bits per heavy atom. The van der Waals surface area contributed by atoms with Crippen LogP contribution in [0.15, 0.2) is 24.3 Å². The number of benzene rings is 1. The van der Waals surface area contributed by atoms with Gasteiger partial charge in [0.05, 0.1) is 12.2 Å². The number of morpholine rings is 1. The molecule has 2 atom stereocenters. The molecule has 1 aliphatic heterocycles. The van der Waals surface area contributed by atoms with Crippen LogP contribution < -0.4 is 5.32 Å². The first-order valence-corrected chi connectivity index (χ1v) is 5.25. The van der Waals surface area contributed by atoms with Crippen molar-refractivity contribution in [2.45, 2.75) is 19.1 Å². The first kappa shape index (κ1) is 9.97. The standard InChI is InChI=1S/C11H14ClNO/c1-8-6-13-7-11(14-8)9-3-2-4-10(12)5-9/h2-5,8,11,13H,6-7H2,1H3/t8-,11+/m1/s1. The van der Waals surface area contributed by atoms with Crippen molar-refractivity contribution in [3.05, 3.63) is 34.9 Å². The van der Waals surface area contributed by atoms with Crippen molar-refractivity contribution in [3.8, 4) is 0 Å². The zero-order chi connectivity index (χ0) is 9.97. The number of hydrogen-bond acceptors (Lipinski definition) is 2. The molecule has 0 bridgehead atoms. The molecule has 1 heterocycles. The molecular formula is C11H14ClNO.